The fraction of sp³-hybridized carbons (Fsp3) is 0.412. The molecule has 0 bridgehead atoms. The molecule has 1 aliphatic rings. The number of carbonyl (C=O) groups is 1. The summed E-state index contributed by atoms with van der Waals surface area (Å²) in [5, 5.41) is 4.47. The van der Waals surface area contributed by atoms with E-state index >= 15 is 0 Å². The van der Waals surface area contributed by atoms with Crippen molar-refractivity contribution in [1.29, 1.82) is 0 Å². The van der Waals surface area contributed by atoms with Crippen molar-refractivity contribution in [3.05, 3.63) is 46.8 Å². The highest BCUT2D eigenvalue weighted by atomic mass is 16.2. The fourth-order valence-electron chi connectivity index (χ4n) is 3.15. The fourth-order valence-corrected chi connectivity index (χ4v) is 3.15. The summed E-state index contributed by atoms with van der Waals surface area (Å²) in [7, 11) is 1.93. The summed E-state index contributed by atoms with van der Waals surface area (Å²) in [6.45, 7) is 4.69. The highest BCUT2D eigenvalue weighted by Crippen LogP contribution is 2.27. The van der Waals surface area contributed by atoms with Gasteiger partial charge in [0.05, 0.1) is 0 Å². The Kier molecular flexibility index (Phi) is 3.53. The van der Waals surface area contributed by atoms with E-state index in [9.17, 15) is 4.79 Å². The maximum Gasteiger partial charge on any atom is 0.279 e. The van der Waals surface area contributed by atoms with E-state index in [1.165, 1.54) is 5.69 Å². The van der Waals surface area contributed by atoms with Gasteiger partial charge in [-0.25, -0.2) is 0 Å². The highest BCUT2D eigenvalue weighted by Gasteiger charge is 2.28. The molecule has 0 aliphatic heterocycles. The SMILES string of the molecule is CCN(C(=O)c1nn(C)c2c1CCC2)c1cccc(C)c1. The van der Waals surface area contributed by atoms with E-state index in [0.717, 1.165) is 36.1 Å². The zero-order valence-corrected chi connectivity index (χ0v) is 12.9. The summed E-state index contributed by atoms with van der Waals surface area (Å²) in [5.74, 6) is 0.0156. The smallest absolute Gasteiger partial charge is 0.279 e. The number of amides is 1. The molecule has 1 aromatic carbocycles. The number of fused-ring (bicyclic) bond motifs is 1. The number of aryl methyl sites for hydroxylation is 2. The van der Waals surface area contributed by atoms with Gasteiger partial charge in [-0.3, -0.25) is 9.48 Å². The van der Waals surface area contributed by atoms with Crippen LogP contribution in [0.2, 0.25) is 0 Å². The van der Waals surface area contributed by atoms with Crippen molar-refractivity contribution in [2.24, 2.45) is 7.05 Å². The van der Waals surface area contributed by atoms with Crippen LogP contribution in [0, 0.1) is 6.92 Å². The second kappa shape index (κ2) is 5.35. The Labute approximate surface area is 125 Å². The second-order valence-corrected chi connectivity index (χ2v) is 5.64. The Hall–Kier alpha value is -2.10. The third-order valence-electron chi connectivity index (χ3n) is 4.19. The molecule has 0 unspecified atom stereocenters. The van der Waals surface area contributed by atoms with E-state index in [4.69, 9.17) is 0 Å². The minimum absolute atomic E-state index is 0.0156. The number of hydrogen-bond donors (Lipinski definition) is 0. The minimum Gasteiger partial charge on any atom is -0.307 e. The van der Waals surface area contributed by atoms with E-state index in [0.29, 0.717) is 12.2 Å². The van der Waals surface area contributed by atoms with E-state index in [1.807, 2.05) is 54.7 Å². The number of aromatic nitrogens is 2. The van der Waals surface area contributed by atoms with Crippen molar-refractivity contribution in [2.75, 3.05) is 11.4 Å². The molecule has 0 saturated heterocycles. The standard InChI is InChI=1S/C17H21N3O/c1-4-20(13-8-5-7-12(2)11-13)17(21)16-14-9-6-10-15(14)19(3)18-16/h5,7-8,11H,4,6,9-10H2,1-3H3. The molecule has 0 saturated carbocycles. The quantitative estimate of drug-likeness (QED) is 0.868. The number of carbonyl (C=O) groups excluding carboxylic acids is 1. The number of benzene rings is 1. The molecule has 4 nitrogen and oxygen atoms in total. The lowest BCUT2D eigenvalue weighted by Gasteiger charge is -2.21. The topological polar surface area (TPSA) is 38.1 Å². The van der Waals surface area contributed by atoms with Crippen LogP contribution < -0.4 is 4.90 Å². The molecule has 1 aromatic heterocycles. The third kappa shape index (κ3) is 2.35. The predicted molar refractivity (Wildman–Crippen MR) is 83.8 cm³/mol. The molecule has 0 atom stereocenters. The molecule has 0 N–H and O–H groups in total. The predicted octanol–water partition coefficient (Wildman–Crippen LogP) is 2.88. The first-order valence-corrected chi connectivity index (χ1v) is 7.55. The Balaban J connectivity index is 1.98. The summed E-state index contributed by atoms with van der Waals surface area (Å²) in [6.07, 6.45) is 3.12. The normalized spacial score (nSPS) is 13.3. The molecule has 110 valence electrons. The molecule has 2 aromatic rings. The van der Waals surface area contributed by atoms with Crippen LogP contribution in [-0.4, -0.2) is 22.2 Å². The number of hydrogen-bond acceptors (Lipinski definition) is 2. The lowest BCUT2D eigenvalue weighted by Crippen LogP contribution is -2.31. The maximum atomic E-state index is 12.9. The maximum absolute atomic E-state index is 12.9. The molecule has 0 fully saturated rings. The van der Waals surface area contributed by atoms with Crippen LogP contribution in [0.15, 0.2) is 24.3 Å². The first-order valence-electron chi connectivity index (χ1n) is 7.55. The van der Waals surface area contributed by atoms with E-state index < -0.39 is 0 Å². The third-order valence-corrected chi connectivity index (χ3v) is 4.19. The average Bonchev–Trinajstić information content (AvgIpc) is 3.04. The Morgan fingerprint density at radius 2 is 2.19 bits per heavy atom. The highest BCUT2D eigenvalue weighted by molar-refractivity contribution is 6.06. The summed E-state index contributed by atoms with van der Waals surface area (Å²) >= 11 is 0. The van der Waals surface area contributed by atoms with Gasteiger partial charge in [0.15, 0.2) is 5.69 Å². The monoisotopic (exact) mass is 283 g/mol. The van der Waals surface area contributed by atoms with Crippen LogP contribution in [0.5, 0.6) is 0 Å². The zero-order chi connectivity index (χ0) is 15.0. The number of anilines is 1. The van der Waals surface area contributed by atoms with Gasteiger partial charge in [0.25, 0.3) is 5.91 Å². The molecule has 1 aliphatic carbocycles. The molecular weight excluding hydrogens is 262 g/mol. The molecular formula is C17H21N3O. The van der Waals surface area contributed by atoms with Gasteiger partial charge >= 0.3 is 0 Å². The molecule has 1 heterocycles. The molecule has 21 heavy (non-hydrogen) atoms. The van der Waals surface area contributed by atoms with Crippen LogP contribution in [0.25, 0.3) is 0 Å². The molecule has 0 spiro atoms. The van der Waals surface area contributed by atoms with Crippen molar-refractivity contribution in [3.8, 4) is 0 Å². The molecule has 4 heteroatoms. The van der Waals surface area contributed by atoms with Gasteiger partial charge in [0.1, 0.15) is 0 Å². The Morgan fingerprint density at radius 3 is 2.90 bits per heavy atom. The van der Waals surface area contributed by atoms with Crippen LogP contribution >= 0.6 is 0 Å². The Morgan fingerprint density at radius 1 is 1.38 bits per heavy atom. The first kappa shape index (κ1) is 13.9. The van der Waals surface area contributed by atoms with Gasteiger partial charge in [-0.2, -0.15) is 5.10 Å². The van der Waals surface area contributed by atoms with Crippen LogP contribution in [0.4, 0.5) is 5.69 Å². The van der Waals surface area contributed by atoms with Crippen LogP contribution in [0.1, 0.15) is 40.7 Å². The number of nitrogens with zero attached hydrogens (tertiary/aromatic N) is 3. The summed E-state index contributed by atoms with van der Waals surface area (Å²) in [6, 6.07) is 8.06. The van der Waals surface area contributed by atoms with Crippen molar-refractivity contribution in [2.45, 2.75) is 33.1 Å². The second-order valence-electron chi connectivity index (χ2n) is 5.64. The lowest BCUT2D eigenvalue weighted by atomic mass is 10.1. The number of rotatable bonds is 3. The van der Waals surface area contributed by atoms with Gasteiger partial charge in [-0.15, -0.1) is 0 Å². The average molecular weight is 283 g/mol. The van der Waals surface area contributed by atoms with Gasteiger partial charge in [-0.1, -0.05) is 12.1 Å². The lowest BCUT2D eigenvalue weighted by molar-refractivity contribution is 0.0982. The zero-order valence-electron chi connectivity index (χ0n) is 12.9. The molecule has 0 radical (unpaired) electrons. The molecule has 3 rings (SSSR count). The molecule has 1 amide bonds. The van der Waals surface area contributed by atoms with E-state index in [2.05, 4.69) is 5.10 Å². The first-order chi connectivity index (χ1) is 10.1. The summed E-state index contributed by atoms with van der Waals surface area (Å²) in [5.41, 5.74) is 5.10. The largest absolute Gasteiger partial charge is 0.307 e. The minimum atomic E-state index is 0.0156. The van der Waals surface area contributed by atoms with Gasteiger partial charge in [0, 0.05) is 30.5 Å². The van der Waals surface area contributed by atoms with Gasteiger partial charge < -0.3 is 4.90 Å². The van der Waals surface area contributed by atoms with Crippen molar-refractivity contribution < 1.29 is 4.79 Å². The van der Waals surface area contributed by atoms with Crippen molar-refractivity contribution >= 4 is 11.6 Å². The summed E-state index contributed by atoms with van der Waals surface area (Å²) < 4.78 is 1.87. The summed E-state index contributed by atoms with van der Waals surface area (Å²) in [4.78, 5) is 14.7. The van der Waals surface area contributed by atoms with E-state index in [1.54, 1.807) is 0 Å². The van der Waals surface area contributed by atoms with Crippen LogP contribution in [-0.2, 0) is 19.9 Å². The van der Waals surface area contributed by atoms with E-state index in [-0.39, 0.29) is 5.91 Å². The van der Waals surface area contributed by atoms with Crippen molar-refractivity contribution in [3.63, 3.8) is 0 Å². The van der Waals surface area contributed by atoms with Crippen molar-refractivity contribution in [1.82, 2.24) is 9.78 Å². The van der Waals surface area contributed by atoms with Gasteiger partial charge in [-0.05, 0) is 50.8 Å². The van der Waals surface area contributed by atoms with Crippen LogP contribution in [0.3, 0.4) is 0 Å². The Bertz CT molecular complexity index is 687. The van der Waals surface area contributed by atoms with Gasteiger partial charge in [0.2, 0.25) is 0 Å².